The molecule has 0 saturated heterocycles. The average Bonchev–Trinajstić information content (AvgIpc) is 2.77. The van der Waals surface area contributed by atoms with Gasteiger partial charge in [0, 0.05) is 11.9 Å². The van der Waals surface area contributed by atoms with E-state index >= 15 is 0 Å². The Morgan fingerprint density at radius 1 is 1.18 bits per heavy atom. The van der Waals surface area contributed by atoms with Crippen LogP contribution in [0.5, 0.6) is 5.75 Å². The van der Waals surface area contributed by atoms with Crippen molar-refractivity contribution in [3.8, 4) is 5.75 Å². The molecule has 2 aromatic rings. The molecular weight excluding hydrogens is 320 g/mol. The molecule has 0 radical (unpaired) electrons. The van der Waals surface area contributed by atoms with Crippen LogP contribution in [0.4, 0.5) is 5.13 Å². The molecule has 22 heavy (non-hydrogen) atoms. The highest BCUT2D eigenvalue weighted by Crippen LogP contribution is 2.29. The fraction of sp³-hybridized carbons (Fsp3) is 0.400. The van der Waals surface area contributed by atoms with Gasteiger partial charge in [0.1, 0.15) is 5.75 Å². The largest absolute Gasteiger partial charge is 0.491 e. The number of aromatic nitrogens is 1. The summed E-state index contributed by atoms with van der Waals surface area (Å²) in [4.78, 5) is 5.53. The van der Waals surface area contributed by atoms with Crippen LogP contribution in [-0.4, -0.2) is 26.6 Å². The van der Waals surface area contributed by atoms with Crippen LogP contribution >= 0.6 is 11.3 Å². The summed E-state index contributed by atoms with van der Waals surface area (Å²) in [5, 5.41) is 0.470. The lowest BCUT2D eigenvalue weighted by atomic mass is 10.3. The van der Waals surface area contributed by atoms with Crippen molar-refractivity contribution in [3.63, 3.8) is 0 Å². The zero-order valence-corrected chi connectivity index (χ0v) is 15.0. The number of anilines is 1. The van der Waals surface area contributed by atoms with Gasteiger partial charge in [-0.1, -0.05) is 0 Å². The minimum atomic E-state index is -3.61. The zero-order valence-electron chi connectivity index (χ0n) is 13.3. The van der Waals surface area contributed by atoms with Crippen molar-refractivity contribution in [2.75, 3.05) is 11.4 Å². The van der Waals surface area contributed by atoms with E-state index in [1.807, 2.05) is 27.7 Å². The first-order valence-corrected chi connectivity index (χ1v) is 9.17. The van der Waals surface area contributed by atoms with Crippen molar-refractivity contribution in [1.82, 2.24) is 4.98 Å². The van der Waals surface area contributed by atoms with Crippen LogP contribution in [0.25, 0.3) is 0 Å². The number of hydrogen-bond acceptors (Lipinski definition) is 5. The van der Waals surface area contributed by atoms with Gasteiger partial charge < -0.3 is 4.74 Å². The summed E-state index contributed by atoms with van der Waals surface area (Å²) in [6, 6.07) is 6.44. The van der Waals surface area contributed by atoms with Gasteiger partial charge in [-0.25, -0.2) is 17.7 Å². The van der Waals surface area contributed by atoms with Crippen molar-refractivity contribution in [2.45, 2.75) is 38.7 Å². The number of aryl methyl sites for hydroxylation is 2. The van der Waals surface area contributed by atoms with Crippen molar-refractivity contribution >= 4 is 26.5 Å². The first-order valence-electron chi connectivity index (χ1n) is 6.91. The van der Waals surface area contributed by atoms with Crippen LogP contribution in [-0.2, 0) is 10.0 Å². The molecule has 0 aliphatic carbocycles. The van der Waals surface area contributed by atoms with Gasteiger partial charge >= 0.3 is 0 Å². The van der Waals surface area contributed by atoms with Gasteiger partial charge in [-0.2, -0.15) is 0 Å². The Hall–Kier alpha value is -1.60. The van der Waals surface area contributed by atoms with Crippen molar-refractivity contribution in [2.24, 2.45) is 0 Å². The second-order valence-electron chi connectivity index (χ2n) is 5.25. The molecule has 1 heterocycles. The summed E-state index contributed by atoms with van der Waals surface area (Å²) in [5.74, 6) is 0.651. The predicted octanol–water partition coefficient (Wildman–Crippen LogP) is 3.37. The second-order valence-corrected chi connectivity index (χ2v) is 8.40. The molecule has 0 unspecified atom stereocenters. The fourth-order valence-electron chi connectivity index (χ4n) is 1.81. The minimum Gasteiger partial charge on any atom is -0.491 e. The summed E-state index contributed by atoms with van der Waals surface area (Å²) < 4.78 is 32.0. The molecule has 0 spiro atoms. The number of nitrogens with zero attached hydrogens (tertiary/aromatic N) is 2. The van der Waals surface area contributed by atoms with E-state index in [4.69, 9.17) is 4.74 Å². The van der Waals surface area contributed by atoms with Crippen molar-refractivity contribution in [1.29, 1.82) is 0 Å². The van der Waals surface area contributed by atoms with E-state index in [-0.39, 0.29) is 11.0 Å². The lowest BCUT2D eigenvalue weighted by Crippen LogP contribution is -2.26. The molecule has 5 nitrogen and oxygen atoms in total. The molecule has 1 aromatic carbocycles. The van der Waals surface area contributed by atoms with E-state index < -0.39 is 10.0 Å². The van der Waals surface area contributed by atoms with Crippen LogP contribution in [0.3, 0.4) is 0 Å². The Kier molecular flexibility index (Phi) is 4.77. The summed E-state index contributed by atoms with van der Waals surface area (Å²) in [5.41, 5.74) is 0.850. The maximum Gasteiger partial charge on any atom is 0.265 e. The van der Waals surface area contributed by atoms with Gasteiger partial charge in [0.2, 0.25) is 0 Å². The summed E-state index contributed by atoms with van der Waals surface area (Å²) in [6.45, 7) is 7.64. The molecule has 0 aliphatic heterocycles. The van der Waals surface area contributed by atoms with Crippen molar-refractivity contribution < 1.29 is 13.2 Å². The SMILES string of the molecule is Cc1nc(N(C)S(=O)(=O)c2ccc(OC(C)C)cc2)sc1C. The van der Waals surface area contributed by atoms with Crippen LogP contribution < -0.4 is 9.04 Å². The molecule has 0 aliphatic rings. The second kappa shape index (κ2) is 6.26. The van der Waals surface area contributed by atoms with Gasteiger partial charge in [0.15, 0.2) is 5.13 Å². The average molecular weight is 340 g/mol. The molecule has 120 valence electrons. The first kappa shape index (κ1) is 16.8. The van der Waals surface area contributed by atoms with Gasteiger partial charge in [-0.3, -0.25) is 0 Å². The number of sulfonamides is 1. The zero-order chi connectivity index (χ0) is 16.5. The molecule has 0 saturated carbocycles. The molecule has 0 amide bonds. The number of ether oxygens (including phenoxy) is 1. The van der Waals surface area contributed by atoms with Gasteiger partial charge in [0.25, 0.3) is 10.0 Å². The molecule has 7 heteroatoms. The highest BCUT2D eigenvalue weighted by atomic mass is 32.2. The molecule has 0 N–H and O–H groups in total. The molecule has 0 atom stereocenters. The van der Waals surface area contributed by atoms with E-state index in [0.717, 1.165) is 10.6 Å². The smallest absolute Gasteiger partial charge is 0.265 e. The van der Waals surface area contributed by atoms with Crippen molar-refractivity contribution in [3.05, 3.63) is 34.8 Å². The standard InChI is InChI=1S/C15H20N2O3S2/c1-10(2)20-13-6-8-14(9-7-13)22(18,19)17(5)15-16-11(3)12(4)21-15/h6-10H,1-5H3. The third-order valence-corrected chi connectivity index (χ3v) is 6.17. The Labute approximate surface area is 135 Å². The number of hydrogen-bond donors (Lipinski definition) is 0. The first-order chi connectivity index (χ1) is 10.2. The monoisotopic (exact) mass is 340 g/mol. The Morgan fingerprint density at radius 2 is 1.77 bits per heavy atom. The van der Waals surface area contributed by atoms with E-state index in [1.165, 1.54) is 22.7 Å². The van der Waals surface area contributed by atoms with Crippen LogP contribution in [0.15, 0.2) is 29.2 Å². The molecule has 0 fully saturated rings. The number of benzene rings is 1. The number of rotatable bonds is 5. The number of thiazole rings is 1. The minimum absolute atomic E-state index is 0.0476. The lowest BCUT2D eigenvalue weighted by Gasteiger charge is -2.17. The fourth-order valence-corrected chi connectivity index (χ4v) is 4.04. The summed E-state index contributed by atoms with van der Waals surface area (Å²) in [7, 11) is -2.10. The van der Waals surface area contributed by atoms with Crippen LogP contribution in [0, 0.1) is 13.8 Å². The van der Waals surface area contributed by atoms with Gasteiger partial charge in [-0.15, -0.1) is 11.3 Å². The molecular formula is C15H20N2O3S2. The quantitative estimate of drug-likeness (QED) is 0.837. The maximum atomic E-state index is 12.6. The maximum absolute atomic E-state index is 12.6. The van der Waals surface area contributed by atoms with Crippen LogP contribution in [0.1, 0.15) is 24.4 Å². The predicted molar refractivity (Wildman–Crippen MR) is 89.4 cm³/mol. The van der Waals surface area contributed by atoms with E-state index in [1.54, 1.807) is 24.3 Å². The Bertz CT molecular complexity index is 730. The van der Waals surface area contributed by atoms with Crippen LogP contribution in [0.2, 0.25) is 0 Å². The highest BCUT2D eigenvalue weighted by molar-refractivity contribution is 7.93. The van der Waals surface area contributed by atoms with E-state index in [2.05, 4.69) is 4.98 Å². The molecule has 0 bridgehead atoms. The van der Waals surface area contributed by atoms with Gasteiger partial charge in [-0.05, 0) is 52.0 Å². The third kappa shape index (κ3) is 3.41. The summed E-state index contributed by atoms with van der Waals surface area (Å²) in [6.07, 6.45) is 0.0476. The Balaban J connectivity index is 2.29. The third-order valence-electron chi connectivity index (χ3n) is 3.14. The normalized spacial score (nSPS) is 11.7. The summed E-state index contributed by atoms with van der Waals surface area (Å²) >= 11 is 1.37. The lowest BCUT2D eigenvalue weighted by molar-refractivity contribution is 0.242. The van der Waals surface area contributed by atoms with E-state index in [0.29, 0.717) is 10.9 Å². The topological polar surface area (TPSA) is 59.5 Å². The van der Waals surface area contributed by atoms with E-state index in [9.17, 15) is 8.42 Å². The Morgan fingerprint density at radius 3 is 2.23 bits per heavy atom. The molecule has 1 aromatic heterocycles. The van der Waals surface area contributed by atoms with Gasteiger partial charge in [0.05, 0.1) is 16.7 Å². The highest BCUT2D eigenvalue weighted by Gasteiger charge is 2.24. The molecule has 2 rings (SSSR count).